The second kappa shape index (κ2) is 8.96. The number of pyridine rings is 1. The van der Waals surface area contributed by atoms with Crippen LogP contribution >= 0.6 is 0 Å². The first-order chi connectivity index (χ1) is 16.4. The van der Waals surface area contributed by atoms with Gasteiger partial charge in [-0.05, 0) is 37.1 Å². The molecule has 3 aromatic rings. The fourth-order valence-electron chi connectivity index (χ4n) is 4.87. The Balaban J connectivity index is 1.47. The number of rotatable bonds is 4. The van der Waals surface area contributed by atoms with Gasteiger partial charge < -0.3 is 14.1 Å². The molecule has 1 amide bonds. The van der Waals surface area contributed by atoms with Crippen LogP contribution in [-0.4, -0.2) is 42.6 Å². The summed E-state index contributed by atoms with van der Waals surface area (Å²) in [5.74, 6) is 1.11. The lowest BCUT2D eigenvalue weighted by Crippen LogP contribution is -2.51. The third-order valence-electron chi connectivity index (χ3n) is 6.70. The zero-order chi connectivity index (χ0) is 23.7. The molecule has 0 bridgehead atoms. The number of piperazine rings is 1. The van der Waals surface area contributed by atoms with Gasteiger partial charge in [-0.1, -0.05) is 30.3 Å². The lowest BCUT2D eigenvalue weighted by Gasteiger charge is -2.35. The van der Waals surface area contributed by atoms with E-state index in [1.807, 2.05) is 23.1 Å². The third kappa shape index (κ3) is 4.29. The van der Waals surface area contributed by atoms with E-state index in [0.717, 1.165) is 29.1 Å². The van der Waals surface area contributed by atoms with Gasteiger partial charge >= 0.3 is 0 Å². The van der Waals surface area contributed by atoms with Crippen LogP contribution in [0, 0.1) is 11.3 Å². The highest BCUT2D eigenvalue weighted by molar-refractivity contribution is 5.91. The molecule has 4 heterocycles. The molecule has 5 rings (SSSR count). The Morgan fingerprint density at radius 1 is 1.09 bits per heavy atom. The van der Waals surface area contributed by atoms with Crippen molar-refractivity contribution in [2.75, 3.05) is 31.1 Å². The van der Waals surface area contributed by atoms with Gasteiger partial charge in [-0.15, -0.1) is 0 Å². The number of hydrogen-bond donors (Lipinski definition) is 0. The standard InChI is InChI=1S/C27H28N4O3/c1-27(2)16-20-21(17-28)25(29-23(22(20)18-34-27)15-19-7-4-3-5-8-19)30-10-12-31(13-11-30)26(32)24-9-6-14-33-24/h3-9,14H,10-13,15-16,18H2,1-2H3/p+1. The number of nitriles is 1. The number of carbonyl (C=O) groups is 1. The number of ether oxygens (including phenoxy) is 1. The fourth-order valence-corrected chi connectivity index (χ4v) is 4.87. The Labute approximate surface area is 199 Å². The van der Waals surface area contributed by atoms with Crippen molar-refractivity contribution in [2.24, 2.45) is 0 Å². The van der Waals surface area contributed by atoms with Crippen LogP contribution in [0.15, 0.2) is 53.1 Å². The minimum Gasteiger partial charge on any atom is -0.459 e. The summed E-state index contributed by atoms with van der Waals surface area (Å²) in [5.41, 5.74) is 4.82. The van der Waals surface area contributed by atoms with E-state index in [1.165, 1.54) is 11.8 Å². The van der Waals surface area contributed by atoms with E-state index in [0.29, 0.717) is 50.5 Å². The number of benzene rings is 1. The number of aromatic amines is 1. The summed E-state index contributed by atoms with van der Waals surface area (Å²) < 4.78 is 11.4. The number of anilines is 1. The molecule has 0 saturated carbocycles. The van der Waals surface area contributed by atoms with Crippen LogP contribution in [0.1, 0.15) is 52.3 Å². The maximum absolute atomic E-state index is 12.7. The van der Waals surface area contributed by atoms with E-state index in [-0.39, 0.29) is 11.5 Å². The molecule has 34 heavy (non-hydrogen) atoms. The first kappa shape index (κ1) is 22.2. The molecule has 0 spiro atoms. The number of amides is 1. The van der Waals surface area contributed by atoms with E-state index >= 15 is 0 Å². The smallest absolute Gasteiger partial charge is 0.293 e. The van der Waals surface area contributed by atoms with Crippen molar-refractivity contribution in [3.63, 3.8) is 0 Å². The maximum atomic E-state index is 12.7. The van der Waals surface area contributed by atoms with E-state index in [9.17, 15) is 10.1 Å². The number of hydrogen-bond acceptors (Lipinski definition) is 5. The number of nitrogens with zero attached hydrogens (tertiary/aromatic N) is 3. The van der Waals surface area contributed by atoms with E-state index < -0.39 is 0 Å². The number of nitrogens with one attached hydrogen (secondary N) is 1. The number of aromatic nitrogens is 1. The van der Waals surface area contributed by atoms with Gasteiger partial charge in [0.2, 0.25) is 0 Å². The Hall–Kier alpha value is -3.63. The first-order valence-corrected chi connectivity index (χ1v) is 11.7. The largest absolute Gasteiger partial charge is 0.459 e. The summed E-state index contributed by atoms with van der Waals surface area (Å²) in [6, 6.07) is 16.2. The zero-order valence-electron chi connectivity index (χ0n) is 19.6. The minimum atomic E-state index is -0.324. The van der Waals surface area contributed by atoms with Crippen LogP contribution in [0.2, 0.25) is 0 Å². The summed E-state index contributed by atoms with van der Waals surface area (Å²) in [7, 11) is 0. The molecular formula is C27H29N4O3+. The molecule has 2 aromatic heterocycles. The van der Waals surface area contributed by atoms with Crippen molar-refractivity contribution in [2.45, 2.75) is 38.9 Å². The molecule has 0 aliphatic carbocycles. The molecule has 2 aliphatic rings. The lowest BCUT2D eigenvalue weighted by molar-refractivity contribution is -0.378. The van der Waals surface area contributed by atoms with Crippen LogP contribution in [0.3, 0.4) is 0 Å². The molecule has 174 valence electrons. The molecule has 2 aliphatic heterocycles. The monoisotopic (exact) mass is 457 g/mol. The Morgan fingerprint density at radius 2 is 1.85 bits per heavy atom. The SMILES string of the molecule is CC1(C)Cc2c(C#N)c(N3CCN(C(=O)c4ccco4)CC3)[nH+]c(Cc3ccccc3)c2CO1. The van der Waals surface area contributed by atoms with E-state index in [4.69, 9.17) is 9.15 Å². The molecule has 1 N–H and O–H groups in total. The van der Waals surface area contributed by atoms with Gasteiger partial charge in [-0.25, -0.2) is 4.98 Å². The molecule has 0 atom stereocenters. The summed E-state index contributed by atoms with van der Waals surface area (Å²) >= 11 is 0. The van der Waals surface area contributed by atoms with Gasteiger partial charge in [0.05, 0.1) is 31.6 Å². The van der Waals surface area contributed by atoms with Gasteiger partial charge in [-0.3, -0.25) is 9.69 Å². The van der Waals surface area contributed by atoms with Crippen molar-refractivity contribution in [1.29, 1.82) is 5.26 Å². The van der Waals surface area contributed by atoms with Crippen molar-refractivity contribution < 1.29 is 18.9 Å². The highest BCUT2D eigenvalue weighted by atomic mass is 16.5. The second-order valence-electron chi connectivity index (χ2n) is 9.54. The van der Waals surface area contributed by atoms with Crippen molar-refractivity contribution in [3.8, 4) is 6.07 Å². The molecule has 0 unspecified atom stereocenters. The second-order valence-corrected chi connectivity index (χ2v) is 9.54. The average molecular weight is 458 g/mol. The van der Waals surface area contributed by atoms with Crippen LogP contribution in [0.4, 0.5) is 5.82 Å². The van der Waals surface area contributed by atoms with E-state index in [2.05, 4.69) is 41.9 Å². The Bertz CT molecular complexity index is 1220. The summed E-state index contributed by atoms with van der Waals surface area (Å²) in [5, 5.41) is 10.2. The quantitative estimate of drug-likeness (QED) is 0.600. The van der Waals surface area contributed by atoms with Gasteiger partial charge in [0.15, 0.2) is 5.76 Å². The molecule has 0 radical (unpaired) electrons. The third-order valence-corrected chi connectivity index (χ3v) is 6.70. The summed E-state index contributed by atoms with van der Waals surface area (Å²) in [6.45, 7) is 7.05. The average Bonchev–Trinajstić information content (AvgIpc) is 3.38. The molecule has 7 heteroatoms. The van der Waals surface area contributed by atoms with Gasteiger partial charge in [0, 0.05) is 18.4 Å². The van der Waals surface area contributed by atoms with E-state index in [1.54, 1.807) is 12.1 Å². The maximum Gasteiger partial charge on any atom is 0.293 e. The molecule has 1 fully saturated rings. The number of carbonyl (C=O) groups excluding carboxylic acids is 1. The van der Waals surface area contributed by atoms with Crippen LogP contribution in [0.5, 0.6) is 0 Å². The highest BCUT2D eigenvalue weighted by Crippen LogP contribution is 2.34. The lowest BCUT2D eigenvalue weighted by atomic mass is 9.87. The van der Waals surface area contributed by atoms with Gasteiger partial charge in [0.25, 0.3) is 11.7 Å². The van der Waals surface area contributed by atoms with Crippen LogP contribution in [0.25, 0.3) is 0 Å². The zero-order valence-corrected chi connectivity index (χ0v) is 19.6. The van der Waals surface area contributed by atoms with Crippen LogP contribution in [-0.2, 0) is 24.2 Å². The molecule has 1 aromatic carbocycles. The number of fused-ring (bicyclic) bond motifs is 1. The predicted octanol–water partition coefficient (Wildman–Crippen LogP) is 3.37. The number of furan rings is 1. The van der Waals surface area contributed by atoms with Crippen molar-refractivity contribution >= 4 is 11.7 Å². The number of H-pyrrole nitrogens is 1. The van der Waals surface area contributed by atoms with Gasteiger partial charge in [0.1, 0.15) is 30.4 Å². The highest BCUT2D eigenvalue weighted by Gasteiger charge is 2.37. The topological polar surface area (TPSA) is 83.9 Å². The summed E-state index contributed by atoms with van der Waals surface area (Å²) in [6.07, 6.45) is 2.94. The van der Waals surface area contributed by atoms with Crippen molar-refractivity contribution in [1.82, 2.24) is 4.90 Å². The van der Waals surface area contributed by atoms with Crippen LogP contribution < -0.4 is 9.88 Å². The Kier molecular flexibility index (Phi) is 5.84. The minimum absolute atomic E-state index is 0.0942. The van der Waals surface area contributed by atoms with Gasteiger partial charge in [-0.2, -0.15) is 5.26 Å². The predicted molar refractivity (Wildman–Crippen MR) is 126 cm³/mol. The Morgan fingerprint density at radius 3 is 2.53 bits per heavy atom. The first-order valence-electron chi connectivity index (χ1n) is 11.7. The molecule has 1 saturated heterocycles. The normalized spacial score (nSPS) is 17.2. The molecular weight excluding hydrogens is 428 g/mol. The molecule has 7 nitrogen and oxygen atoms in total. The summed E-state index contributed by atoms with van der Waals surface area (Å²) in [4.78, 5) is 20.3. The van der Waals surface area contributed by atoms with Crippen molar-refractivity contribution in [3.05, 3.63) is 82.4 Å². The fraction of sp³-hybridized carbons (Fsp3) is 0.370.